The maximum atomic E-state index is 14.0. The van der Waals surface area contributed by atoms with Gasteiger partial charge in [0.1, 0.15) is 5.82 Å². The van der Waals surface area contributed by atoms with Gasteiger partial charge in [0.05, 0.1) is 5.56 Å². The van der Waals surface area contributed by atoms with Crippen molar-refractivity contribution < 1.29 is 17.6 Å². The van der Waals surface area contributed by atoms with Crippen LogP contribution >= 0.6 is 0 Å². The Morgan fingerprint density at radius 1 is 0.810 bits per heavy atom. The minimum atomic E-state index is -4.44. The van der Waals surface area contributed by atoms with Crippen LogP contribution in [0.5, 0.6) is 0 Å². The fourth-order valence-corrected chi connectivity index (χ4v) is 2.08. The van der Waals surface area contributed by atoms with E-state index >= 15 is 0 Å². The van der Waals surface area contributed by atoms with E-state index in [1.807, 2.05) is 20.8 Å². The molecule has 0 unspecified atom stereocenters. The second kappa shape index (κ2) is 5.17. The zero-order valence-electron chi connectivity index (χ0n) is 12.1. The molecule has 0 spiro atoms. The first-order chi connectivity index (χ1) is 9.59. The summed E-state index contributed by atoms with van der Waals surface area (Å²) in [6.07, 6.45) is -4.44. The zero-order chi connectivity index (χ0) is 15.8. The van der Waals surface area contributed by atoms with E-state index in [4.69, 9.17) is 0 Å². The molecule has 0 radical (unpaired) electrons. The van der Waals surface area contributed by atoms with Gasteiger partial charge in [-0.25, -0.2) is 4.39 Å². The number of hydrogen-bond acceptors (Lipinski definition) is 0. The van der Waals surface area contributed by atoms with Gasteiger partial charge in [-0.3, -0.25) is 0 Å². The molecule has 0 fully saturated rings. The molecule has 0 aliphatic carbocycles. The molecular formula is C17H16F4. The Bertz CT molecular complexity index is 649. The van der Waals surface area contributed by atoms with Gasteiger partial charge in [-0.15, -0.1) is 0 Å². The van der Waals surface area contributed by atoms with Crippen LogP contribution in [-0.2, 0) is 11.6 Å². The van der Waals surface area contributed by atoms with Gasteiger partial charge in [0.15, 0.2) is 0 Å². The van der Waals surface area contributed by atoms with Crippen molar-refractivity contribution in [2.75, 3.05) is 0 Å². The third kappa shape index (κ3) is 3.43. The summed E-state index contributed by atoms with van der Waals surface area (Å²) in [4.78, 5) is 0. The van der Waals surface area contributed by atoms with Crippen LogP contribution in [0.3, 0.4) is 0 Å². The highest BCUT2D eigenvalue weighted by Gasteiger charge is 2.30. The van der Waals surface area contributed by atoms with Gasteiger partial charge in [0.2, 0.25) is 0 Å². The third-order valence-corrected chi connectivity index (χ3v) is 3.33. The minimum Gasteiger partial charge on any atom is -0.206 e. The molecule has 0 bridgehead atoms. The lowest BCUT2D eigenvalue weighted by Crippen LogP contribution is -2.11. The molecule has 2 aromatic rings. The summed E-state index contributed by atoms with van der Waals surface area (Å²) in [5, 5.41) is 0. The molecule has 0 aromatic heterocycles. The Balaban J connectivity index is 2.57. The van der Waals surface area contributed by atoms with E-state index in [0.29, 0.717) is 0 Å². The highest BCUT2D eigenvalue weighted by molar-refractivity contribution is 5.66. The molecule has 2 rings (SSSR count). The van der Waals surface area contributed by atoms with Crippen LogP contribution in [0.15, 0.2) is 42.5 Å². The van der Waals surface area contributed by atoms with E-state index in [2.05, 4.69) is 0 Å². The van der Waals surface area contributed by atoms with E-state index in [1.54, 1.807) is 12.1 Å². The fraction of sp³-hybridized carbons (Fsp3) is 0.294. The van der Waals surface area contributed by atoms with Crippen molar-refractivity contribution in [3.8, 4) is 11.1 Å². The highest BCUT2D eigenvalue weighted by Crippen LogP contribution is 2.34. The first-order valence-electron chi connectivity index (χ1n) is 6.57. The summed E-state index contributed by atoms with van der Waals surface area (Å²) in [5.74, 6) is -0.526. The van der Waals surface area contributed by atoms with Crippen molar-refractivity contribution in [2.24, 2.45) is 0 Å². The van der Waals surface area contributed by atoms with Gasteiger partial charge >= 0.3 is 6.18 Å². The molecule has 2 aromatic carbocycles. The summed E-state index contributed by atoms with van der Waals surface area (Å²) in [5.41, 5.74) is 0.309. The molecule has 0 saturated heterocycles. The van der Waals surface area contributed by atoms with Crippen LogP contribution in [-0.4, -0.2) is 0 Å². The number of halogens is 4. The van der Waals surface area contributed by atoms with E-state index < -0.39 is 17.6 Å². The smallest absolute Gasteiger partial charge is 0.206 e. The standard InChI is InChI=1S/C17H16F4/c1-16(2,3)12-7-8-15(18)14(10-12)11-5-4-6-13(9-11)17(19,20)21/h4-10H,1-3H3. The normalized spacial score (nSPS) is 12.5. The third-order valence-electron chi connectivity index (χ3n) is 3.33. The summed E-state index contributed by atoms with van der Waals surface area (Å²) < 4.78 is 52.3. The van der Waals surface area contributed by atoms with Crippen LogP contribution in [0.2, 0.25) is 0 Å². The Morgan fingerprint density at radius 2 is 1.48 bits per heavy atom. The molecule has 0 heterocycles. The molecule has 0 atom stereocenters. The quantitative estimate of drug-likeness (QED) is 0.583. The van der Waals surface area contributed by atoms with Crippen molar-refractivity contribution in [3.05, 3.63) is 59.4 Å². The minimum absolute atomic E-state index is 0.188. The molecule has 0 aliphatic rings. The summed E-state index contributed by atoms with van der Waals surface area (Å²) in [7, 11) is 0. The molecular weight excluding hydrogens is 280 g/mol. The zero-order valence-corrected chi connectivity index (χ0v) is 12.1. The molecule has 0 aliphatic heterocycles. The van der Waals surface area contributed by atoms with Crippen LogP contribution in [0.1, 0.15) is 31.9 Å². The average molecular weight is 296 g/mol. The van der Waals surface area contributed by atoms with E-state index in [1.165, 1.54) is 18.2 Å². The largest absolute Gasteiger partial charge is 0.416 e. The maximum absolute atomic E-state index is 14.0. The molecule has 112 valence electrons. The molecule has 0 amide bonds. The van der Waals surface area contributed by atoms with Gasteiger partial charge in [-0.05, 0) is 40.8 Å². The second-order valence-corrected chi connectivity index (χ2v) is 6.02. The Morgan fingerprint density at radius 3 is 2.05 bits per heavy atom. The van der Waals surface area contributed by atoms with Gasteiger partial charge in [0, 0.05) is 5.56 Å². The molecule has 21 heavy (non-hydrogen) atoms. The molecule has 0 saturated carbocycles. The van der Waals surface area contributed by atoms with Crippen LogP contribution in [0.25, 0.3) is 11.1 Å². The van der Waals surface area contributed by atoms with E-state index in [-0.39, 0.29) is 16.5 Å². The van der Waals surface area contributed by atoms with Crippen LogP contribution in [0.4, 0.5) is 17.6 Å². The summed E-state index contributed by atoms with van der Waals surface area (Å²) in [6.45, 7) is 5.91. The van der Waals surface area contributed by atoms with Gasteiger partial charge < -0.3 is 0 Å². The van der Waals surface area contributed by atoms with Crippen molar-refractivity contribution in [1.29, 1.82) is 0 Å². The number of benzene rings is 2. The van der Waals surface area contributed by atoms with Crippen molar-refractivity contribution >= 4 is 0 Å². The Kier molecular flexibility index (Phi) is 3.83. The Labute approximate surface area is 121 Å². The first-order valence-corrected chi connectivity index (χ1v) is 6.57. The van der Waals surface area contributed by atoms with Gasteiger partial charge in [-0.1, -0.05) is 39.0 Å². The summed E-state index contributed by atoms with van der Waals surface area (Å²) in [6, 6.07) is 9.31. The van der Waals surface area contributed by atoms with Gasteiger partial charge in [-0.2, -0.15) is 13.2 Å². The van der Waals surface area contributed by atoms with Crippen molar-refractivity contribution in [2.45, 2.75) is 32.4 Å². The predicted molar refractivity (Wildman–Crippen MR) is 75.5 cm³/mol. The second-order valence-electron chi connectivity index (χ2n) is 6.02. The number of rotatable bonds is 1. The lowest BCUT2D eigenvalue weighted by Gasteiger charge is -2.20. The SMILES string of the molecule is CC(C)(C)c1ccc(F)c(-c2cccc(C(F)(F)F)c2)c1. The lowest BCUT2D eigenvalue weighted by atomic mass is 9.85. The van der Waals surface area contributed by atoms with E-state index in [9.17, 15) is 17.6 Å². The average Bonchev–Trinajstić information content (AvgIpc) is 2.37. The topological polar surface area (TPSA) is 0 Å². The fourth-order valence-electron chi connectivity index (χ4n) is 2.08. The molecule has 4 heteroatoms. The van der Waals surface area contributed by atoms with Crippen molar-refractivity contribution in [3.63, 3.8) is 0 Å². The summed E-state index contributed by atoms with van der Waals surface area (Å²) >= 11 is 0. The molecule has 0 N–H and O–H groups in total. The highest BCUT2D eigenvalue weighted by atomic mass is 19.4. The maximum Gasteiger partial charge on any atom is 0.416 e. The number of alkyl halides is 3. The Hall–Kier alpha value is -1.84. The molecule has 0 nitrogen and oxygen atoms in total. The van der Waals surface area contributed by atoms with Gasteiger partial charge in [0.25, 0.3) is 0 Å². The lowest BCUT2D eigenvalue weighted by molar-refractivity contribution is -0.137. The van der Waals surface area contributed by atoms with Crippen LogP contribution < -0.4 is 0 Å². The van der Waals surface area contributed by atoms with E-state index in [0.717, 1.165) is 17.7 Å². The monoisotopic (exact) mass is 296 g/mol. The first kappa shape index (κ1) is 15.5. The predicted octanol–water partition coefficient (Wildman–Crippen LogP) is 5.81. The number of hydrogen-bond donors (Lipinski definition) is 0. The van der Waals surface area contributed by atoms with Crippen LogP contribution in [0, 0.1) is 5.82 Å². The van der Waals surface area contributed by atoms with Crippen molar-refractivity contribution in [1.82, 2.24) is 0 Å².